The van der Waals surface area contributed by atoms with Gasteiger partial charge in [0.05, 0.1) is 17.3 Å². The van der Waals surface area contributed by atoms with Crippen LogP contribution in [0.1, 0.15) is 10.4 Å². The lowest BCUT2D eigenvalue weighted by Crippen LogP contribution is -1.98. The first-order valence-electron chi connectivity index (χ1n) is 3.94. The molecule has 5 heteroatoms. The summed E-state index contributed by atoms with van der Waals surface area (Å²) in [6.45, 7) is 0. The van der Waals surface area contributed by atoms with Crippen LogP contribution in [-0.2, 0) is 7.05 Å². The highest BCUT2D eigenvalue weighted by atomic mass is 79.9. The third kappa shape index (κ3) is 1.29. The van der Waals surface area contributed by atoms with E-state index in [-0.39, 0.29) is 5.56 Å². The first-order chi connectivity index (χ1) is 6.59. The Labute approximate surface area is 88.3 Å². The first-order valence-corrected chi connectivity index (χ1v) is 4.73. The molecule has 0 saturated carbocycles. The Kier molecular flexibility index (Phi) is 2.03. The number of halogens is 1. The molecule has 14 heavy (non-hydrogen) atoms. The maximum absolute atomic E-state index is 10.8. The van der Waals surface area contributed by atoms with Crippen LogP contribution in [0.3, 0.4) is 0 Å². The first kappa shape index (κ1) is 9.21. The second-order valence-electron chi connectivity index (χ2n) is 2.96. The molecule has 0 aliphatic carbocycles. The molecule has 1 heterocycles. The number of benzene rings is 1. The smallest absolute Gasteiger partial charge is 0.336 e. The van der Waals surface area contributed by atoms with Gasteiger partial charge in [0.1, 0.15) is 0 Å². The Morgan fingerprint density at radius 2 is 2.29 bits per heavy atom. The van der Waals surface area contributed by atoms with Crippen molar-refractivity contribution in [3.8, 4) is 0 Å². The minimum absolute atomic E-state index is 0.251. The quantitative estimate of drug-likeness (QED) is 0.848. The Balaban J connectivity index is 2.80. The molecule has 0 aliphatic rings. The highest BCUT2D eigenvalue weighted by molar-refractivity contribution is 9.10. The predicted molar refractivity (Wildman–Crippen MR) is 55.4 cm³/mol. The lowest BCUT2D eigenvalue weighted by atomic mass is 10.2. The number of hydrogen-bond donors (Lipinski definition) is 1. The molecule has 2 aromatic rings. The van der Waals surface area contributed by atoms with Gasteiger partial charge in [-0.3, -0.25) is 4.68 Å². The summed E-state index contributed by atoms with van der Waals surface area (Å²) in [6, 6.07) is 3.36. The molecule has 1 aromatic heterocycles. The summed E-state index contributed by atoms with van der Waals surface area (Å²) in [6.07, 6.45) is 1.70. The lowest BCUT2D eigenvalue weighted by Gasteiger charge is -2.00. The van der Waals surface area contributed by atoms with E-state index in [1.807, 2.05) is 0 Å². The van der Waals surface area contributed by atoms with Gasteiger partial charge in [-0.05, 0) is 28.1 Å². The van der Waals surface area contributed by atoms with Crippen molar-refractivity contribution >= 4 is 32.8 Å². The number of aromatic carboxylic acids is 1. The number of fused-ring (bicyclic) bond motifs is 1. The van der Waals surface area contributed by atoms with Crippen LogP contribution in [0.5, 0.6) is 0 Å². The van der Waals surface area contributed by atoms with Gasteiger partial charge in [0.15, 0.2) is 0 Å². The average Bonchev–Trinajstić information content (AvgIpc) is 2.46. The highest BCUT2D eigenvalue weighted by Gasteiger charge is 2.11. The van der Waals surface area contributed by atoms with E-state index in [4.69, 9.17) is 5.11 Å². The fourth-order valence-corrected chi connectivity index (χ4v) is 1.87. The van der Waals surface area contributed by atoms with Crippen molar-refractivity contribution in [3.05, 3.63) is 28.4 Å². The van der Waals surface area contributed by atoms with Gasteiger partial charge in [0.2, 0.25) is 0 Å². The van der Waals surface area contributed by atoms with E-state index in [1.165, 1.54) is 0 Å². The zero-order valence-corrected chi connectivity index (χ0v) is 8.95. The van der Waals surface area contributed by atoms with Crippen molar-refractivity contribution in [1.29, 1.82) is 0 Å². The number of hydrogen-bond acceptors (Lipinski definition) is 2. The van der Waals surface area contributed by atoms with Crippen molar-refractivity contribution in [1.82, 2.24) is 9.78 Å². The normalized spacial score (nSPS) is 10.7. The second kappa shape index (κ2) is 3.09. The van der Waals surface area contributed by atoms with Crippen LogP contribution < -0.4 is 0 Å². The van der Waals surface area contributed by atoms with Crippen molar-refractivity contribution in [2.75, 3.05) is 0 Å². The molecule has 0 unspecified atom stereocenters. The number of aromatic nitrogens is 2. The third-order valence-corrected chi connectivity index (χ3v) is 2.72. The topological polar surface area (TPSA) is 55.1 Å². The Morgan fingerprint density at radius 3 is 2.93 bits per heavy atom. The van der Waals surface area contributed by atoms with Gasteiger partial charge in [0, 0.05) is 16.9 Å². The van der Waals surface area contributed by atoms with Crippen molar-refractivity contribution in [2.45, 2.75) is 0 Å². The summed E-state index contributed by atoms with van der Waals surface area (Å²) in [5.74, 6) is -0.944. The summed E-state index contributed by atoms with van der Waals surface area (Å²) in [4.78, 5) is 10.8. The number of aryl methyl sites for hydroxylation is 1. The number of nitrogens with zero attached hydrogens (tertiary/aromatic N) is 2. The van der Waals surface area contributed by atoms with Gasteiger partial charge in [-0.2, -0.15) is 5.10 Å². The van der Waals surface area contributed by atoms with Crippen LogP contribution in [0.2, 0.25) is 0 Å². The van der Waals surface area contributed by atoms with Gasteiger partial charge in [-0.25, -0.2) is 4.79 Å². The van der Waals surface area contributed by atoms with Crippen LogP contribution in [0, 0.1) is 0 Å². The fourth-order valence-electron chi connectivity index (χ4n) is 1.34. The zero-order chi connectivity index (χ0) is 10.3. The van der Waals surface area contributed by atoms with E-state index in [0.717, 1.165) is 10.9 Å². The van der Waals surface area contributed by atoms with Crippen LogP contribution in [0.4, 0.5) is 0 Å². The minimum atomic E-state index is -0.944. The average molecular weight is 255 g/mol. The van der Waals surface area contributed by atoms with E-state index < -0.39 is 5.97 Å². The molecule has 0 fully saturated rings. The number of carbonyl (C=O) groups is 1. The van der Waals surface area contributed by atoms with E-state index in [9.17, 15) is 4.79 Å². The third-order valence-electron chi connectivity index (χ3n) is 2.07. The van der Waals surface area contributed by atoms with E-state index in [0.29, 0.717) is 4.47 Å². The summed E-state index contributed by atoms with van der Waals surface area (Å²) in [5, 5.41) is 13.9. The molecule has 0 spiro atoms. The maximum atomic E-state index is 10.8. The number of rotatable bonds is 1. The Hall–Kier alpha value is -1.36. The molecule has 72 valence electrons. The van der Waals surface area contributed by atoms with Crippen LogP contribution in [0.15, 0.2) is 22.8 Å². The summed E-state index contributed by atoms with van der Waals surface area (Å²) in [5.41, 5.74) is 1.06. The number of carboxylic acids is 1. The monoisotopic (exact) mass is 254 g/mol. The van der Waals surface area contributed by atoms with E-state index >= 15 is 0 Å². The molecule has 0 radical (unpaired) electrons. The molecule has 0 aliphatic heterocycles. The molecule has 2 rings (SSSR count). The van der Waals surface area contributed by atoms with Crippen LogP contribution in [-0.4, -0.2) is 20.9 Å². The van der Waals surface area contributed by atoms with E-state index in [1.54, 1.807) is 30.1 Å². The molecule has 0 amide bonds. The fraction of sp³-hybridized carbons (Fsp3) is 0.111. The minimum Gasteiger partial charge on any atom is -0.478 e. The van der Waals surface area contributed by atoms with Crippen molar-refractivity contribution in [2.24, 2.45) is 7.05 Å². The largest absolute Gasteiger partial charge is 0.478 e. The molecule has 1 N–H and O–H groups in total. The van der Waals surface area contributed by atoms with Crippen LogP contribution in [0.25, 0.3) is 10.9 Å². The standard InChI is InChI=1S/C9H7BrN2O2/c1-12-8-3-6(9(13)14)7(10)2-5(8)4-11-12/h2-4H,1H3,(H,13,14). The van der Waals surface area contributed by atoms with Gasteiger partial charge in [-0.15, -0.1) is 0 Å². The zero-order valence-electron chi connectivity index (χ0n) is 7.36. The van der Waals surface area contributed by atoms with Crippen LogP contribution >= 0.6 is 15.9 Å². The van der Waals surface area contributed by atoms with Gasteiger partial charge < -0.3 is 5.11 Å². The SMILES string of the molecule is Cn1ncc2cc(Br)c(C(=O)O)cc21. The van der Waals surface area contributed by atoms with Gasteiger partial charge in [-0.1, -0.05) is 0 Å². The maximum Gasteiger partial charge on any atom is 0.336 e. The molecule has 4 nitrogen and oxygen atoms in total. The molecule has 0 bridgehead atoms. The predicted octanol–water partition coefficient (Wildman–Crippen LogP) is 2.03. The lowest BCUT2D eigenvalue weighted by molar-refractivity contribution is 0.0696. The molecule has 0 saturated heterocycles. The van der Waals surface area contributed by atoms with Gasteiger partial charge in [0.25, 0.3) is 0 Å². The Morgan fingerprint density at radius 1 is 1.57 bits per heavy atom. The molecule has 1 aromatic carbocycles. The second-order valence-corrected chi connectivity index (χ2v) is 3.82. The van der Waals surface area contributed by atoms with E-state index in [2.05, 4.69) is 21.0 Å². The summed E-state index contributed by atoms with van der Waals surface area (Å²) >= 11 is 3.21. The highest BCUT2D eigenvalue weighted by Crippen LogP contribution is 2.23. The van der Waals surface area contributed by atoms with Gasteiger partial charge >= 0.3 is 5.97 Å². The molecular weight excluding hydrogens is 248 g/mol. The number of carboxylic acid groups (broad SMARTS) is 1. The van der Waals surface area contributed by atoms with Crippen molar-refractivity contribution < 1.29 is 9.90 Å². The summed E-state index contributed by atoms with van der Waals surface area (Å²) in [7, 11) is 1.78. The Bertz CT molecular complexity index is 519. The van der Waals surface area contributed by atoms with Crippen molar-refractivity contribution in [3.63, 3.8) is 0 Å². The molecular formula is C9H7BrN2O2. The summed E-state index contributed by atoms with van der Waals surface area (Å²) < 4.78 is 2.22. The molecule has 0 atom stereocenters.